The molecule has 13 heavy (non-hydrogen) atoms. The van der Waals surface area contributed by atoms with Gasteiger partial charge in [0, 0.05) is 7.05 Å². The van der Waals surface area contributed by atoms with Crippen LogP contribution in [-0.2, 0) is 0 Å². The maximum Gasteiger partial charge on any atom is 0.241 e. The van der Waals surface area contributed by atoms with Crippen molar-refractivity contribution < 1.29 is 9.47 Å². The molecule has 0 aliphatic carbocycles. The van der Waals surface area contributed by atoms with E-state index in [4.69, 9.17) is 9.47 Å². The van der Waals surface area contributed by atoms with Crippen LogP contribution >= 0.6 is 0 Å². The van der Waals surface area contributed by atoms with Crippen molar-refractivity contribution in [3.05, 3.63) is 12.1 Å². The van der Waals surface area contributed by atoms with Gasteiger partial charge in [0.15, 0.2) is 0 Å². The lowest BCUT2D eigenvalue weighted by molar-refractivity contribution is 0.291. The average molecular weight is 179 g/mol. The van der Waals surface area contributed by atoms with Gasteiger partial charge in [0.25, 0.3) is 0 Å². The minimum atomic E-state index is 0.467. The fourth-order valence-corrected chi connectivity index (χ4v) is 1.26. The molecule has 0 saturated heterocycles. The summed E-state index contributed by atoms with van der Waals surface area (Å²) in [4.78, 5) is 6.23. The van der Waals surface area contributed by atoms with Gasteiger partial charge in [-0.05, 0) is 6.07 Å². The van der Waals surface area contributed by atoms with Crippen LogP contribution in [0.2, 0.25) is 0 Å². The van der Waals surface area contributed by atoms with E-state index in [1.807, 2.05) is 13.1 Å². The summed E-state index contributed by atoms with van der Waals surface area (Å²) in [5, 5.41) is 0. The number of ether oxygens (including phenoxy) is 2. The zero-order valence-electron chi connectivity index (χ0n) is 7.70. The number of anilines is 1. The van der Waals surface area contributed by atoms with Gasteiger partial charge in [0.2, 0.25) is 11.8 Å². The molecular formula is C9H11N2O2. The predicted octanol–water partition coefficient (Wildman–Crippen LogP) is 0.719. The summed E-state index contributed by atoms with van der Waals surface area (Å²) in [6.45, 7) is 1.55. The number of methoxy groups -OCH3 is 1. The van der Waals surface area contributed by atoms with E-state index in [0.29, 0.717) is 18.4 Å². The van der Waals surface area contributed by atoms with Gasteiger partial charge in [-0.2, -0.15) is 4.98 Å². The molecule has 1 aromatic rings. The van der Waals surface area contributed by atoms with Crippen molar-refractivity contribution in [3.63, 3.8) is 0 Å². The molecule has 1 aromatic heterocycles. The number of hydrogen-bond donors (Lipinski definition) is 0. The Bertz CT molecular complexity index is 314. The molecule has 4 nitrogen and oxygen atoms in total. The SMILES string of the molecule is COc1[c]cc2c(n1)OCCN2C. The molecule has 0 amide bonds. The Balaban J connectivity index is 2.39. The molecule has 69 valence electrons. The first-order chi connectivity index (χ1) is 6.31. The molecule has 0 aromatic carbocycles. The summed E-state index contributed by atoms with van der Waals surface area (Å²) in [5.74, 6) is 1.10. The second-order valence-electron chi connectivity index (χ2n) is 2.87. The van der Waals surface area contributed by atoms with Crippen LogP contribution in [0.1, 0.15) is 0 Å². The summed E-state index contributed by atoms with van der Waals surface area (Å²) in [6, 6.07) is 4.76. The van der Waals surface area contributed by atoms with Crippen LogP contribution in [-0.4, -0.2) is 32.3 Å². The topological polar surface area (TPSA) is 34.6 Å². The Morgan fingerprint density at radius 3 is 3.31 bits per heavy atom. The Hall–Kier alpha value is -1.45. The number of hydrogen-bond acceptors (Lipinski definition) is 4. The summed E-state index contributed by atoms with van der Waals surface area (Å²) >= 11 is 0. The third-order valence-corrected chi connectivity index (χ3v) is 2.02. The third-order valence-electron chi connectivity index (χ3n) is 2.02. The molecule has 1 aliphatic heterocycles. The van der Waals surface area contributed by atoms with Gasteiger partial charge in [-0.15, -0.1) is 0 Å². The second kappa shape index (κ2) is 3.12. The summed E-state index contributed by atoms with van der Waals surface area (Å²) in [7, 11) is 3.57. The molecule has 0 atom stereocenters. The van der Waals surface area contributed by atoms with Crippen LogP contribution in [0, 0.1) is 6.07 Å². The Kier molecular flexibility index (Phi) is 1.96. The molecule has 0 unspecified atom stereocenters. The molecule has 1 aliphatic rings. The molecule has 0 fully saturated rings. The monoisotopic (exact) mass is 179 g/mol. The molecule has 0 N–H and O–H groups in total. The van der Waals surface area contributed by atoms with Gasteiger partial charge in [0.1, 0.15) is 12.3 Å². The Morgan fingerprint density at radius 1 is 1.69 bits per heavy atom. The molecule has 2 rings (SSSR count). The minimum Gasteiger partial charge on any atom is -0.480 e. The molecule has 0 bridgehead atoms. The smallest absolute Gasteiger partial charge is 0.241 e. The molecule has 1 radical (unpaired) electrons. The molecule has 0 saturated carbocycles. The largest absolute Gasteiger partial charge is 0.480 e. The van der Waals surface area contributed by atoms with Crippen LogP contribution < -0.4 is 14.4 Å². The van der Waals surface area contributed by atoms with E-state index in [0.717, 1.165) is 12.2 Å². The van der Waals surface area contributed by atoms with Gasteiger partial charge in [-0.25, -0.2) is 0 Å². The van der Waals surface area contributed by atoms with E-state index in [1.165, 1.54) is 0 Å². The second-order valence-corrected chi connectivity index (χ2v) is 2.87. The van der Waals surface area contributed by atoms with Crippen molar-refractivity contribution in [2.24, 2.45) is 0 Å². The Labute approximate surface area is 77.1 Å². The number of aromatic nitrogens is 1. The molecule has 0 spiro atoms. The number of rotatable bonds is 1. The van der Waals surface area contributed by atoms with Crippen LogP contribution in [0.3, 0.4) is 0 Å². The maximum absolute atomic E-state index is 5.38. The molecule has 4 heteroatoms. The van der Waals surface area contributed by atoms with E-state index in [9.17, 15) is 0 Å². The number of pyridine rings is 1. The van der Waals surface area contributed by atoms with E-state index < -0.39 is 0 Å². The van der Waals surface area contributed by atoms with Crippen molar-refractivity contribution in [1.29, 1.82) is 0 Å². The number of nitrogens with zero attached hydrogens (tertiary/aromatic N) is 2. The lowest BCUT2D eigenvalue weighted by Crippen LogP contribution is -2.29. The average Bonchev–Trinajstić information content (AvgIpc) is 2.18. The first-order valence-electron chi connectivity index (χ1n) is 4.12. The zero-order valence-corrected chi connectivity index (χ0v) is 7.70. The summed E-state index contributed by atoms with van der Waals surface area (Å²) in [6.07, 6.45) is 0. The molecule has 2 heterocycles. The normalized spacial score (nSPS) is 14.8. The van der Waals surface area contributed by atoms with Crippen molar-refractivity contribution in [1.82, 2.24) is 4.98 Å². The van der Waals surface area contributed by atoms with Gasteiger partial charge >= 0.3 is 0 Å². The summed E-state index contributed by atoms with van der Waals surface area (Å²) in [5.41, 5.74) is 0.965. The van der Waals surface area contributed by atoms with E-state index >= 15 is 0 Å². The van der Waals surface area contributed by atoms with Crippen molar-refractivity contribution in [2.45, 2.75) is 0 Å². The zero-order chi connectivity index (χ0) is 9.26. The van der Waals surface area contributed by atoms with E-state index in [1.54, 1.807) is 7.11 Å². The van der Waals surface area contributed by atoms with Gasteiger partial charge in [-0.3, -0.25) is 0 Å². The highest BCUT2D eigenvalue weighted by atomic mass is 16.5. The predicted molar refractivity (Wildman–Crippen MR) is 48.4 cm³/mol. The Morgan fingerprint density at radius 2 is 2.54 bits per heavy atom. The van der Waals surface area contributed by atoms with E-state index in [2.05, 4.69) is 16.0 Å². The lowest BCUT2D eigenvalue weighted by Gasteiger charge is -2.26. The van der Waals surface area contributed by atoms with Crippen LogP contribution in [0.5, 0.6) is 11.8 Å². The van der Waals surface area contributed by atoms with Crippen molar-refractivity contribution in [3.8, 4) is 11.8 Å². The van der Waals surface area contributed by atoms with Crippen molar-refractivity contribution in [2.75, 3.05) is 32.2 Å². The highest BCUT2D eigenvalue weighted by Gasteiger charge is 2.16. The first-order valence-corrected chi connectivity index (χ1v) is 4.12. The summed E-state index contributed by atoms with van der Waals surface area (Å²) < 4.78 is 10.3. The fourth-order valence-electron chi connectivity index (χ4n) is 1.26. The van der Waals surface area contributed by atoms with Gasteiger partial charge in [0.05, 0.1) is 19.7 Å². The van der Waals surface area contributed by atoms with E-state index in [-0.39, 0.29) is 0 Å². The van der Waals surface area contributed by atoms with Gasteiger partial charge in [-0.1, -0.05) is 0 Å². The standard InChI is InChI=1S/C9H11N2O2/c1-11-5-6-13-9-7(11)3-4-8(10-9)12-2/h3H,5-6H2,1-2H3. The molecular weight excluding hydrogens is 168 g/mol. The third kappa shape index (κ3) is 1.39. The highest BCUT2D eigenvalue weighted by Crippen LogP contribution is 2.29. The first kappa shape index (κ1) is 8.16. The minimum absolute atomic E-state index is 0.467. The quantitative estimate of drug-likeness (QED) is 0.636. The van der Waals surface area contributed by atoms with Crippen LogP contribution in [0.15, 0.2) is 6.07 Å². The van der Waals surface area contributed by atoms with Crippen LogP contribution in [0.25, 0.3) is 0 Å². The number of likely N-dealkylation sites (N-methyl/N-ethyl adjacent to an activating group) is 1. The van der Waals surface area contributed by atoms with Crippen LogP contribution in [0.4, 0.5) is 5.69 Å². The number of fused-ring (bicyclic) bond motifs is 1. The maximum atomic E-state index is 5.38. The van der Waals surface area contributed by atoms with Gasteiger partial charge < -0.3 is 14.4 Å². The van der Waals surface area contributed by atoms with Crippen molar-refractivity contribution >= 4 is 5.69 Å². The highest BCUT2D eigenvalue weighted by molar-refractivity contribution is 5.56. The fraction of sp³-hybridized carbons (Fsp3) is 0.444. The lowest BCUT2D eigenvalue weighted by atomic mass is 10.3.